The summed E-state index contributed by atoms with van der Waals surface area (Å²) in [6, 6.07) is 4.63. The van der Waals surface area contributed by atoms with Gasteiger partial charge in [0.25, 0.3) is 0 Å². The summed E-state index contributed by atoms with van der Waals surface area (Å²) < 4.78 is 6.17. The van der Waals surface area contributed by atoms with Crippen LogP contribution in [0.3, 0.4) is 0 Å². The van der Waals surface area contributed by atoms with Gasteiger partial charge in [-0.25, -0.2) is 0 Å². The molecule has 18 heavy (non-hydrogen) atoms. The maximum absolute atomic E-state index is 6.17. The molecule has 3 heteroatoms. The Balaban J connectivity index is 2.12. The predicted molar refractivity (Wildman–Crippen MR) is 74.0 cm³/mol. The minimum atomic E-state index is 0.185. The van der Waals surface area contributed by atoms with E-state index in [2.05, 4.69) is 37.1 Å². The summed E-state index contributed by atoms with van der Waals surface area (Å²) in [6.07, 6.45) is 2.27. The molecule has 0 radical (unpaired) electrons. The number of hydrogen-bond acceptors (Lipinski definition) is 3. The van der Waals surface area contributed by atoms with Crippen LogP contribution < -0.4 is 10.1 Å². The molecule has 0 saturated heterocycles. The first-order chi connectivity index (χ1) is 8.48. The molecule has 0 spiro atoms. The topological polar surface area (TPSA) is 34.1 Å². The van der Waals surface area contributed by atoms with Crippen molar-refractivity contribution in [1.29, 1.82) is 0 Å². The smallest absolute Gasteiger partial charge is 0.141 e. The number of nitrogens with one attached hydrogen (secondary N) is 1. The predicted octanol–water partition coefficient (Wildman–Crippen LogP) is 2.72. The fourth-order valence-corrected chi connectivity index (χ4v) is 2.69. The van der Waals surface area contributed by atoms with E-state index < -0.39 is 0 Å². The highest BCUT2D eigenvalue weighted by molar-refractivity contribution is 5.30. The second-order valence-electron chi connectivity index (χ2n) is 5.76. The van der Waals surface area contributed by atoms with E-state index in [0.29, 0.717) is 6.04 Å². The van der Waals surface area contributed by atoms with Crippen LogP contribution in [-0.2, 0) is 6.42 Å². The van der Waals surface area contributed by atoms with E-state index in [1.807, 2.05) is 20.0 Å². The standard InChI is InChI=1S/C15H24N2O/c1-6-11-12(8-7-10(2)17-11)18-14-9-13(16-5)15(14,3)4/h7-8,13-14,16H,6,9H2,1-5H3. The quantitative estimate of drug-likeness (QED) is 0.889. The highest BCUT2D eigenvalue weighted by Crippen LogP contribution is 2.43. The van der Waals surface area contributed by atoms with Crippen molar-refractivity contribution >= 4 is 0 Å². The molecule has 1 aromatic rings. The maximum Gasteiger partial charge on any atom is 0.141 e. The highest BCUT2D eigenvalue weighted by Gasteiger charge is 2.49. The van der Waals surface area contributed by atoms with Gasteiger partial charge in [0.2, 0.25) is 0 Å². The van der Waals surface area contributed by atoms with Gasteiger partial charge in [0.05, 0.1) is 5.69 Å². The number of aryl methyl sites for hydroxylation is 2. The van der Waals surface area contributed by atoms with Crippen molar-refractivity contribution in [2.24, 2.45) is 5.41 Å². The first-order valence-electron chi connectivity index (χ1n) is 6.79. The third-order valence-corrected chi connectivity index (χ3v) is 4.20. The Kier molecular flexibility index (Phi) is 3.62. The van der Waals surface area contributed by atoms with Crippen LogP contribution in [0.2, 0.25) is 0 Å². The lowest BCUT2D eigenvalue weighted by molar-refractivity contribution is -0.0527. The van der Waals surface area contributed by atoms with Crippen LogP contribution >= 0.6 is 0 Å². The molecule has 2 atom stereocenters. The molecular formula is C15H24N2O. The van der Waals surface area contributed by atoms with Crippen molar-refractivity contribution in [2.45, 2.75) is 52.7 Å². The summed E-state index contributed by atoms with van der Waals surface area (Å²) in [5.41, 5.74) is 2.31. The number of rotatable bonds is 4. The van der Waals surface area contributed by atoms with Gasteiger partial charge in [-0.2, -0.15) is 0 Å². The molecule has 0 bridgehead atoms. The SMILES string of the molecule is CCc1nc(C)ccc1OC1CC(NC)C1(C)C. The molecular weight excluding hydrogens is 224 g/mol. The number of pyridine rings is 1. The molecule has 2 rings (SSSR count). The average molecular weight is 248 g/mol. The molecule has 2 unspecified atom stereocenters. The largest absolute Gasteiger partial charge is 0.488 e. The second kappa shape index (κ2) is 4.88. The Morgan fingerprint density at radius 2 is 2.17 bits per heavy atom. The van der Waals surface area contributed by atoms with E-state index in [4.69, 9.17) is 4.74 Å². The monoisotopic (exact) mass is 248 g/mol. The van der Waals surface area contributed by atoms with Crippen molar-refractivity contribution in [1.82, 2.24) is 10.3 Å². The number of ether oxygens (including phenoxy) is 1. The molecule has 1 aliphatic carbocycles. The molecule has 100 valence electrons. The Hall–Kier alpha value is -1.09. The van der Waals surface area contributed by atoms with Crippen LogP contribution in [0.4, 0.5) is 0 Å². The molecule has 3 nitrogen and oxygen atoms in total. The summed E-state index contributed by atoms with van der Waals surface area (Å²) in [7, 11) is 2.02. The second-order valence-corrected chi connectivity index (χ2v) is 5.76. The zero-order chi connectivity index (χ0) is 13.3. The first-order valence-corrected chi connectivity index (χ1v) is 6.79. The highest BCUT2D eigenvalue weighted by atomic mass is 16.5. The zero-order valence-electron chi connectivity index (χ0n) is 12.1. The van der Waals surface area contributed by atoms with E-state index >= 15 is 0 Å². The van der Waals surface area contributed by atoms with Crippen LogP contribution in [-0.4, -0.2) is 24.2 Å². The van der Waals surface area contributed by atoms with Crippen LogP contribution in [0.15, 0.2) is 12.1 Å². The molecule has 1 fully saturated rings. The van der Waals surface area contributed by atoms with Crippen molar-refractivity contribution in [3.8, 4) is 5.75 Å². The zero-order valence-corrected chi connectivity index (χ0v) is 12.1. The molecule has 0 aliphatic heterocycles. The van der Waals surface area contributed by atoms with E-state index in [1.165, 1.54) is 0 Å². The van der Waals surface area contributed by atoms with Gasteiger partial charge < -0.3 is 10.1 Å². The molecule has 0 amide bonds. The average Bonchev–Trinajstić information content (AvgIpc) is 2.35. The Morgan fingerprint density at radius 3 is 2.72 bits per heavy atom. The maximum atomic E-state index is 6.17. The molecule has 1 heterocycles. The van der Waals surface area contributed by atoms with Gasteiger partial charge in [0, 0.05) is 23.6 Å². The van der Waals surface area contributed by atoms with Crippen LogP contribution in [0.5, 0.6) is 5.75 Å². The van der Waals surface area contributed by atoms with Crippen molar-refractivity contribution in [3.63, 3.8) is 0 Å². The minimum Gasteiger partial charge on any atom is -0.488 e. The van der Waals surface area contributed by atoms with Gasteiger partial charge in [-0.15, -0.1) is 0 Å². The van der Waals surface area contributed by atoms with Gasteiger partial charge in [-0.05, 0) is 32.5 Å². The molecule has 1 aliphatic rings. The summed E-state index contributed by atoms with van der Waals surface area (Å²) in [6.45, 7) is 8.66. The van der Waals surface area contributed by atoms with Gasteiger partial charge in [0.15, 0.2) is 0 Å². The van der Waals surface area contributed by atoms with E-state index in [9.17, 15) is 0 Å². The van der Waals surface area contributed by atoms with Crippen LogP contribution in [0.1, 0.15) is 38.6 Å². The lowest BCUT2D eigenvalue weighted by Gasteiger charge is -2.51. The summed E-state index contributed by atoms with van der Waals surface area (Å²) in [5, 5.41) is 3.35. The minimum absolute atomic E-state index is 0.185. The van der Waals surface area contributed by atoms with Crippen LogP contribution in [0, 0.1) is 12.3 Å². The Labute approximate surface area is 110 Å². The number of nitrogens with zero attached hydrogens (tertiary/aromatic N) is 1. The molecule has 1 aromatic heterocycles. The lowest BCUT2D eigenvalue weighted by atomic mass is 9.64. The lowest BCUT2D eigenvalue weighted by Crippen LogP contribution is -2.61. The molecule has 1 saturated carbocycles. The van der Waals surface area contributed by atoms with Crippen molar-refractivity contribution < 1.29 is 4.74 Å². The fraction of sp³-hybridized carbons (Fsp3) is 0.667. The summed E-state index contributed by atoms with van der Waals surface area (Å²) >= 11 is 0. The Morgan fingerprint density at radius 1 is 1.44 bits per heavy atom. The van der Waals surface area contributed by atoms with Gasteiger partial charge in [-0.1, -0.05) is 20.8 Å². The van der Waals surface area contributed by atoms with Crippen LogP contribution in [0.25, 0.3) is 0 Å². The summed E-state index contributed by atoms with van der Waals surface area (Å²) in [4.78, 5) is 4.55. The summed E-state index contributed by atoms with van der Waals surface area (Å²) in [5.74, 6) is 0.954. The number of hydrogen-bond donors (Lipinski definition) is 1. The Bertz CT molecular complexity index is 429. The molecule has 0 aromatic carbocycles. The van der Waals surface area contributed by atoms with E-state index in [0.717, 1.165) is 30.0 Å². The van der Waals surface area contributed by atoms with E-state index in [-0.39, 0.29) is 11.5 Å². The van der Waals surface area contributed by atoms with Gasteiger partial charge >= 0.3 is 0 Å². The normalized spacial score (nSPS) is 25.6. The van der Waals surface area contributed by atoms with Gasteiger partial charge in [-0.3, -0.25) is 4.98 Å². The third-order valence-electron chi connectivity index (χ3n) is 4.20. The molecule has 1 N–H and O–H groups in total. The fourth-order valence-electron chi connectivity index (χ4n) is 2.69. The number of aromatic nitrogens is 1. The third kappa shape index (κ3) is 2.24. The van der Waals surface area contributed by atoms with Crippen molar-refractivity contribution in [3.05, 3.63) is 23.5 Å². The van der Waals surface area contributed by atoms with E-state index in [1.54, 1.807) is 0 Å². The van der Waals surface area contributed by atoms with Gasteiger partial charge in [0.1, 0.15) is 11.9 Å². The van der Waals surface area contributed by atoms with Crippen molar-refractivity contribution in [2.75, 3.05) is 7.05 Å². The first kappa shape index (κ1) is 13.3.